The van der Waals surface area contributed by atoms with E-state index in [4.69, 9.17) is 37.9 Å². The monoisotopic (exact) mass is 792 g/mol. The minimum atomic E-state index is -1.43. The van der Waals surface area contributed by atoms with Crippen LogP contribution in [0.25, 0.3) is 0 Å². The standard InChI is InChI=1S/C47H52O11/c48-40-38(31-51-26-33-16-6-1-7-17-33)57-47(43(41(40)49)53-28-35-20-10-3-11-21-35)58-42-39(32-52-27-34-18-8-2-9-19-34)56-46(50)45(55-30-37-24-14-5-15-25-37)44(42)54-29-36-22-12-4-13-23-36/h1-25,38-50H,26-32H2/t38-,39-,40+,41+,42-,43-,44+,45-,46+,47+/m1/s1. The highest BCUT2D eigenvalue weighted by Crippen LogP contribution is 2.34. The molecule has 7 rings (SSSR count). The summed E-state index contributed by atoms with van der Waals surface area (Å²) in [5.41, 5.74) is 4.54. The van der Waals surface area contributed by atoms with E-state index < -0.39 is 61.4 Å². The van der Waals surface area contributed by atoms with Crippen LogP contribution >= 0.6 is 0 Å². The fourth-order valence-electron chi connectivity index (χ4n) is 7.08. The SMILES string of the molecule is O[C@@H]1[C@H](O)[C@@H](OCc2ccccc2)[C@H](O[C@H]2[C@H](OCc3ccccc3)[C@@H](OCc3ccccc3)[C@@H](O)O[C@@H]2COCc2ccccc2)O[C@@H]1COCc1ccccc1. The molecule has 2 heterocycles. The van der Waals surface area contributed by atoms with Crippen molar-refractivity contribution in [1.29, 1.82) is 0 Å². The highest BCUT2D eigenvalue weighted by molar-refractivity contribution is 5.17. The van der Waals surface area contributed by atoms with E-state index in [1.807, 2.05) is 152 Å². The Balaban J connectivity index is 1.18. The van der Waals surface area contributed by atoms with E-state index in [-0.39, 0.29) is 46.2 Å². The third-order valence-corrected chi connectivity index (χ3v) is 10.2. The predicted octanol–water partition coefficient (Wildman–Crippen LogP) is 5.73. The lowest BCUT2D eigenvalue weighted by atomic mass is 9.96. The molecule has 2 aliphatic rings. The molecule has 2 aliphatic heterocycles. The molecule has 5 aromatic carbocycles. The van der Waals surface area contributed by atoms with Gasteiger partial charge in [-0.2, -0.15) is 0 Å². The Hall–Kier alpha value is -4.34. The number of rotatable bonds is 19. The topological polar surface area (TPSA) is 135 Å². The lowest BCUT2D eigenvalue weighted by molar-refractivity contribution is -0.369. The number of benzene rings is 5. The summed E-state index contributed by atoms with van der Waals surface area (Å²) in [5, 5.41) is 34.7. The van der Waals surface area contributed by atoms with Crippen LogP contribution in [-0.2, 0) is 70.9 Å². The molecule has 0 spiro atoms. The van der Waals surface area contributed by atoms with Crippen molar-refractivity contribution in [2.24, 2.45) is 0 Å². The van der Waals surface area contributed by atoms with E-state index in [1.165, 1.54) is 0 Å². The average Bonchev–Trinajstić information content (AvgIpc) is 3.26. The summed E-state index contributed by atoms with van der Waals surface area (Å²) in [5.74, 6) is 0. The van der Waals surface area contributed by atoms with Crippen LogP contribution in [0.3, 0.4) is 0 Å². The molecule has 0 unspecified atom stereocenters. The second-order valence-corrected chi connectivity index (χ2v) is 14.5. The Morgan fingerprint density at radius 1 is 0.379 bits per heavy atom. The van der Waals surface area contributed by atoms with Gasteiger partial charge in [0.25, 0.3) is 0 Å². The van der Waals surface area contributed by atoms with Crippen molar-refractivity contribution in [2.45, 2.75) is 94.4 Å². The first kappa shape index (κ1) is 41.8. The molecule has 2 saturated heterocycles. The molecule has 11 heteroatoms. The van der Waals surface area contributed by atoms with Gasteiger partial charge in [0.05, 0.1) is 46.2 Å². The number of aliphatic hydroxyl groups excluding tert-OH is 3. The summed E-state index contributed by atoms with van der Waals surface area (Å²) in [6.45, 7) is 0.942. The van der Waals surface area contributed by atoms with Gasteiger partial charge in [0.1, 0.15) is 48.8 Å². The van der Waals surface area contributed by atoms with Gasteiger partial charge >= 0.3 is 0 Å². The minimum Gasteiger partial charge on any atom is -0.387 e. The van der Waals surface area contributed by atoms with Crippen LogP contribution in [0.2, 0.25) is 0 Å². The third kappa shape index (κ3) is 11.7. The predicted molar refractivity (Wildman–Crippen MR) is 214 cm³/mol. The number of hydrogen-bond donors (Lipinski definition) is 3. The molecular formula is C47H52O11. The lowest BCUT2D eigenvalue weighted by Gasteiger charge is -2.48. The number of hydrogen-bond acceptors (Lipinski definition) is 11. The van der Waals surface area contributed by atoms with E-state index in [0.29, 0.717) is 0 Å². The van der Waals surface area contributed by atoms with Crippen LogP contribution in [-0.4, -0.2) is 89.9 Å². The molecule has 5 aromatic rings. The van der Waals surface area contributed by atoms with Crippen LogP contribution in [0, 0.1) is 0 Å². The van der Waals surface area contributed by atoms with Gasteiger partial charge < -0.3 is 53.2 Å². The maximum Gasteiger partial charge on any atom is 0.187 e. The minimum absolute atomic E-state index is 0.00424. The van der Waals surface area contributed by atoms with Crippen molar-refractivity contribution in [2.75, 3.05) is 13.2 Å². The molecule has 0 bridgehead atoms. The van der Waals surface area contributed by atoms with E-state index in [9.17, 15) is 15.3 Å². The van der Waals surface area contributed by atoms with Crippen molar-refractivity contribution in [3.05, 3.63) is 179 Å². The van der Waals surface area contributed by atoms with Gasteiger partial charge in [0, 0.05) is 0 Å². The molecule has 58 heavy (non-hydrogen) atoms. The van der Waals surface area contributed by atoms with Crippen LogP contribution in [0.1, 0.15) is 27.8 Å². The summed E-state index contributed by atoms with van der Waals surface area (Å²) < 4.78 is 51.3. The lowest BCUT2D eigenvalue weighted by Crippen LogP contribution is -2.65. The van der Waals surface area contributed by atoms with Gasteiger partial charge in [0.2, 0.25) is 0 Å². The zero-order chi connectivity index (χ0) is 39.9. The Bertz CT molecular complexity index is 1870. The second-order valence-electron chi connectivity index (χ2n) is 14.5. The van der Waals surface area contributed by atoms with Crippen LogP contribution in [0.4, 0.5) is 0 Å². The fraction of sp³-hybridized carbons (Fsp3) is 0.362. The maximum absolute atomic E-state index is 11.7. The van der Waals surface area contributed by atoms with Gasteiger partial charge in [-0.1, -0.05) is 152 Å². The normalized spacial score (nSPS) is 27.3. The Morgan fingerprint density at radius 3 is 1.21 bits per heavy atom. The molecule has 0 aliphatic carbocycles. The average molecular weight is 793 g/mol. The van der Waals surface area contributed by atoms with Crippen molar-refractivity contribution in [1.82, 2.24) is 0 Å². The first-order valence-electron chi connectivity index (χ1n) is 19.7. The highest BCUT2D eigenvalue weighted by Gasteiger charge is 2.53. The smallest absolute Gasteiger partial charge is 0.187 e. The molecule has 3 N–H and O–H groups in total. The summed E-state index contributed by atoms with van der Waals surface area (Å²) in [6.07, 6.45) is -11.5. The molecule has 2 fully saturated rings. The maximum atomic E-state index is 11.7. The van der Waals surface area contributed by atoms with Crippen molar-refractivity contribution >= 4 is 0 Å². The number of ether oxygens (including phenoxy) is 8. The van der Waals surface area contributed by atoms with Crippen LogP contribution < -0.4 is 0 Å². The fourth-order valence-corrected chi connectivity index (χ4v) is 7.08. The highest BCUT2D eigenvalue weighted by atomic mass is 16.7. The Kier molecular flexibility index (Phi) is 15.6. The van der Waals surface area contributed by atoms with Gasteiger partial charge in [-0.15, -0.1) is 0 Å². The molecule has 0 radical (unpaired) electrons. The van der Waals surface area contributed by atoms with Gasteiger partial charge in [-0.05, 0) is 27.8 Å². The van der Waals surface area contributed by atoms with Gasteiger partial charge in [-0.25, -0.2) is 0 Å². The summed E-state index contributed by atoms with van der Waals surface area (Å²) in [6, 6.07) is 48.1. The molecule has 10 atom stereocenters. The molecule has 11 nitrogen and oxygen atoms in total. The zero-order valence-electron chi connectivity index (χ0n) is 32.3. The summed E-state index contributed by atoms with van der Waals surface area (Å²) >= 11 is 0. The zero-order valence-corrected chi connectivity index (χ0v) is 32.3. The largest absolute Gasteiger partial charge is 0.387 e. The quantitative estimate of drug-likeness (QED) is 0.0948. The van der Waals surface area contributed by atoms with Crippen LogP contribution in [0.15, 0.2) is 152 Å². The Labute approximate surface area is 339 Å². The van der Waals surface area contributed by atoms with E-state index in [2.05, 4.69) is 0 Å². The van der Waals surface area contributed by atoms with Crippen molar-refractivity contribution in [3.63, 3.8) is 0 Å². The van der Waals surface area contributed by atoms with E-state index in [0.717, 1.165) is 27.8 Å². The van der Waals surface area contributed by atoms with Crippen molar-refractivity contribution < 1.29 is 53.2 Å². The van der Waals surface area contributed by atoms with Crippen LogP contribution in [0.5, 0.6) is 0 Å². The molecule has 306 valence electrons. The molecular weight excluding hydrogens is 741 g/mol. The van der Waals surface area contributed by atoms with E-state index >= 15 is 0 Å². The summed E-state index contributed by atoms with van der Waals surface area (Å²) in [7, 11) is 0. The first-order chi connectivity index (χ1) is 28.5. The van der Waals surface area contributed by atoms with E-state index in [1.54, 1.807) is 0 Å². The summed E-state index contributed by atoms with van der Waals surface area (Å²) in [4.78, 5) is 0. The second kappa shape index (κ2) is 21.6. The van der Waals surface area contributed by atoms with Crippen molar-refractivity contribution in [3.8, 4) is 0 Å². The molecule has 0 amide bonds. The third-order valence-electron chi connectivity index (χ3n) is 10.2. The van der Waals surface area contributed by atoms with Gasteiger partial charge in [-0.3, -0.25) is 0 Å². The molecule has 0 saturated carbocycles. The molecule has 0 aromatic heterocycles. The first-order valence-corrected chi connectivity index (χ1v) is 19.7. The number of aliphatic hydroxyl groups is 3. The van der Waals surface area contributed by atoms with Gasteiger partial charge in [0.15, 0.2) is 12.6 Å². The Morgan fingerprint density at radius 2 is 0.759 bits per heavy atom.